The third-order valence-corrected chi connectivity index (χ3v) is 4.66. The second-order valence-corrected chi connectivity index (χ2v) is 6.38. The summed E-state index contributed by atoms with van der Waals surface area (Å²) in [4.78, 5) is 15.9. The van der Waals surface area contributed by atoms with Crippen molar-refractivity contribution in [2.24, 2.45) is 4.99 Å². The van der Waals surface area contributed by atoms with Gasteiger partial charge in [-0.3, -0.25) is 20.0 Å². The van der Waals surface area contributed by atoms with Crippen LogP contribution in [0.1, 0.15) is 30.4 Å². The summed E-state index contributed by atoms with van der Waals surface area (Å²) in [5.41, 5.74) is -1.53. The molecule has 0 radical (unpaired) electrons. The number of amides is 1. The smallest absolute Gasteiger partial charge is 0.275 e. The van der Waals surface area contributed by atoms with E-state index in [0.29, 0.717) is 29.7 Å². The van der Waals surface area contributed by atoms with Crippen LogP contribution in [0.4, 0.5) is 26.3 Å². The van der Waals surface area contributed by atoms with E-state index in [4.69, 9.17) is 0 Å². The van der Waals surface area contributed by atoms with Gasteiger partial charge in [-0.1, -0.05) is 12.1 Å². The van der Waals surface area contributed by atoms with E-state index >= 15 is 0 Å². The molecule has 1 aromatic carbocycles. The average Bonchev–Trinajstić information content (AvgIpc) is 2.56. The zero-order valence-electron chi connectivity index (χ0n) is 13.8. The number of rotatable bonds is 3. The summed E-state index contributed by atoms with van der Waals surface area (Å²) >= 11 is 0. The summed E-state index contributed by atoms with van der Waals surface area (Å²) in [7, 11) is 0. The topological polar surface area (TPSA) is 44.7 Å². The number of alkyl halides is 6. The lowest BCUT2D eigenvalue weighted by Crippen LogP contribution is -2.59. The van der Waals surface area contributed by atoms with Crippen molar-refractivity contribution >= 4 is 12.1 Å². The summed E-state index contributed by atoms with van der Waals surface area (Å²) in [6, 6.07) is 4.64. The molecule has 1 unspecified atom stereocenters. The molecule has 4 nitrogen and oxygen atoms in total. The van der Waals surface area contributed by atoms with E-state index < -0.39 is 35.7 Å². The maximum atomic E-state index is 13.0. The van der Waals surface area contributed by atoms with Crippen LogP contribution in [0.3, 0.4) is 0 Å². The van der Waals surface area contributed by atoms with Gasteiger partial charge in [-0.25, -0.2) is 0 Å². The molecule has 1 aliphatic carbocycles. The summed E-state index contributed by atoms with van der Waals surface area (Å²) in [6.07, 6.45) is -6.13. The van der Waals surface area contributed by atoms with Crippen molar-refractivity contribution in [1.29, 1.82) is 0 Å². The fourth-order valence-corrected chi connectivity index (χ4v) is 3.13. The van der Waals surface area contributed by atoms with E-state index in [1.165, 1.54) is 24.4 Å². The van der Waals surface area contributed by atoms with Crippen molar-refractivity contribution in [2.45, 2.75) is 43.4 Å². The van der Waals surface area contributed by atoms with Gasteiger partial charge in [0.05, 0.1) is 5.56 Å². The molecule has 0 saturated heterocycles. The van der Waals surface area contributed by atoms with Crippen molar-refractivity contribution in [3.63, 3.8) is 0 Å². The van der Waals surface area contributed by atoms with E-state index in [0.717, 1.165) is 18.3 Å². The van der Waals surface area contributed by atoms with Crippen LogP contribution in [0.15, 0.2) is 41.5 Å². The van der Waals surface area contributed by atoms with Gasteiger partial charge in [0.2, 0.25) is 0 Å². The van der Waals surface area contributed by atoms with Crippen LogP contribution in [0.25, 0.3) is 0 Å². The fourth-order valence-electron chi connectivity index (χ4n) is 3.13. The Hall–Kier alpha value is -2.36. The number of carbonyl (C=O) groups is 1. The number of allylic oxidation sites excluding steroid dienone is 1. The Balaban J connectivity index is 1.89. The highest BCUT2D eigenvalue weighted by Crippen LogP contribution is 2.43. The van der Waals surface area contributed by atoms with Gasteiger partial charge < -0.3 is 0 Å². The third kappa shape index (κ3) is 3.85. The molecule has 1 aromatic rings. The van der Waals surface area contributed by atoms with Crippen LogP contribution < -0.4 is 5.32 Å². The molecule has 0 aromatic heterocycles. The lowest BCUT2D eigenvalue weighted by Gasteiger charge is -2.46. The van der Waals surface area contributed by atoms with Crippen molar-refractivity contribution in [1.82, 2.24) is 10.2 Å². The van der Waals surface area contributed by atoms with Crippen LogP contribution in [0, 0.1) is 0 Å². The van der Waals surface area contributed by atoms with Crippen LogP contribution in [0.5, 0.6) is 0 Å². The third-order valence-electron chi connectivity index (χ3n) is 4.66. The molecule has 0 spiro atoms. The highest BCUT2D eigenvalue weighted by atomic mass is 19.4. The lowest BCUT2D eigenvalue weighted by molar-refractivity contribution is -0.185. The van der Waals surface area contributed by atoms with E-state index in [1.807, 2.05) is 0 Å². The highest BCUT2D eigenvalue weighted by molar-refractivity contribution is 5.85. The van der Waals surface area contributed by atoms with Gasteiger partial charge in [-0.2, -0.15) is 26.3 Å². The maximum absolute atomic E-state index is 13.0. The molecular formula is C17H15F6N3O. The monoisotopic (exact) mass is 391 g/mol. The molecule has 3 rings (SSSR count). The first-order chi connectivity index (χ1) is 12.5. The molecule has 1 atom stereocenters. The Kier molecular flexibility index (Phi) is 4.79. The predicted octanol–water partition coefficient (Wildman–Crippen LogP) is 3.95. The molecule has 1 fully saturated rings. The zero-order chi connectivity index (χ0) is 19.9. The Labute approximate surface area is 150 Å². The van der Waals surface area contributed by atoms with E-state index in [-0.39, 0.29) is 0 Å². The van der Waals surface area contributed by atoms with Gasteiger partial charge in [-0.05, 0) is 43.0 Å². The molecule has 2 aliphatic rings. The van der Waals surface area contributed by atoms with Gasteiger partial charge >= 0.3 is 18.3 Å². The minimum atomic E-state index is -5.10. The van der Waals surface area contributed by atoms with Crippen molar-refractivity contribution < 1.29 is 31.1 Å². The molecule has 0 bridgehead atoms. The van der Waals surface area contributed by atoms with Crippen LogP contribution in [-0.2, 0) is 16.5 Å². The summed E-state index contributed by atoms with van der Waals surface area (Å²) in [6.45, 7) is 0. The number of nitrogens with one attached hydrogen (secondary N) is 1. The number of benzene rings is 1. The summed E-state index contributed by atoms with van der Waals surface area (Å²) in [5.74, 6) is -2.10. The molecule has 1 aliphatic heterocycles. The molecule has 1 saturated carbocycles. The first-order valence-corrected chi connectivity index (χ1v) is 8.08. The number of aliphatic imine (C=N–C) groups is 1. The predicted molar refractivity (Wildman–Crippen MR) is 84.4 cm³/mol. The van der Waals surface area contributed by atoms with E-state index in [9.17, 15) is 31.1 Å². The molecule has 146 valence electrons. The molecule has 1 N–H and O–H groups in total. The van der Waals surface area contributed by atoms with Crippen molar-refractivity contribution in [3.8, 4) is 0 Å². The quantitative estimate of drug-likeness (QED) is 0.794. The number of hydrogen-bond acceptors (Lipinski definition) is 3. The summed E-state index contributed by atoms with van der Waals surface area (Å²) in [5, 5.41) is 2.86. The van der Waals surface area contributed by atoms with E-state index in [1.54, 1.807) is 0 Å². The van der Waals surface area contributed by atoms with Gasteiger partial charge in [0.1, 0.15) is 0 Å². The van der Waals surface area contributed by atoms with Gasteiger partial charge in [0, 0.05) is 18.0 Å². The standard InChI is InChI=1S/C17H15F6N3O/c18-16(19,20)12-5-1-4-11(10-12)15(6-2-7-15)25-14-24-8-3-9-26(14)13(27)17(21,22)23/h1,3-5,8-10,14,25H,2,6-7H2. The Morgan fingerprint density at radius 1 is 1.19 bits per heavy atom. The fraction of sp³-hybridized carbons (Fsp3) is 0.412. The molecule has 10 heteroatoms. The number of nitrogens with zero attached hydrogens (tertiary/aromatic N) is 2. The van der Waals surface area contributed by atoms with Gasteiger partial charge in [-0.15, -0.1) is 0 Å². The zero-order valence-corrected chi connectivity index (χ0v) is 13.8. The molecular weight excluding hydrogens is 376 g/mol. The first kappa shape index (κ1) is 19.4. The molecule has 27 heavy (non-hydrogen) atoms. The minimum Gasteiger partial charge on any atom is -0.275 e. The normalized spacial score (nSPS) is 21.9. The number of carbonyl (C=O) groups excluding carboxylic acids is 1. The van der Waals surface area contributed by atoms with Gasteiger partial charge in [0.25, 0.3) is 0 Å². The largest absolute Gasteiger partial charge is 0.471 e. The SMILES string of the molecule is O=C(N1C=CC=NC1NC1(c2cccc(C(F)(F)F)c2)CCC1)C(F)(F)F. The molecule has 1 amide bonds. The number of halogens is 6. The first-order valence-electron chi connectivity index (χ1n) is 8.08. The Bertz CT molecular complexity index is 780. The van der Waals surface area contributed by atoms with Gasteiger partial charge in [0.15, 0.2) is 6.29 Å². The van der Waals surface area contributed by atoms with Crippen LogP contribution in [0.2, 0.25) is 0 Å². The minimum absolute atomic E-state index is 0.299. The highest BCUT2D eigenvalue weighted by Gasteiger charge is 2.48. The molecule has 1 heterocycles. The second kappa shape index (κ2) is 6.66. The van der Waals surface area contributed by atoms with Crippen LogP contribution in [-0.4, -0.2) is 29.5 Å². The second-order valence-electron chi connectivity index (χ2n) is 6.38. The number of hydrogen-bond donors (Lipinski definition) is 1. The van der Waals surface area contributed by atoms with Crippen LogP contribution >= 0.6 is 0 Å². The Morgan fingerprint density at radius 3 is 2.44 bits per heavy atom. The summed E-state index contributed by atoms with van der Waals surface area (Å²) < 4.78 is 77.5. The van der Waals surface area contributed by atoms with Crippen molar-refractivity contribution in [2.75, 3.05) is 0 Å². The Morgan fingerprint density at radius 2 is 1.89 bits per heavy atom. The van der Waals surface area contributed by atoms with Crippen molar-refractivity contribution in [3.05, 3.63) is 47.7 Å². The lowest BCUT2D eigenvalue weighted by atomic mass is 9.71. The average molecular weight is 391 g/mol. The van der Waals surface area contributed by atoms with E-state index in [2.05, 4.69) is 10.3 Å². The maximum Gasteiger partial charge on any atom is 0.471 e.